The Kier molecular flexibility index (Phi) is 6.18. The second-order valence-corrected chi connectivity index (χ2v) is 9.58. The van der Waals surface area contributed by atoms with Gasteiger partial charge in [-0.25, -0.2) is 18.7 Å². The zero-order valence-corrected chi connectivity index (χ0v) is 20.5. The van der Waals surface area contributed by atoms with E-state index in [9.17, 15) is 8.78 Å². The van der Waals surface area contributed by atoms with E-state index < -0.39 is 12.5 Å². The van der Waals surface area contributed by atoms with Gasteiger partial charge in [0.15, 0.2) is 5.65 Å². The first-order valence-electron chi connectivity index (χ1n) is 12.4. The molecule has 0 saturated carbocycles. The highest BCUT2D eigenvalue weighted by Crippen LogP contribution is 2.34. The van der Waals surface area contributed by atoms with Crippen LogP contribution < -0.4 is 0 Å². The molecule has 1 saturated heterocycles. The SMILES string of the molecule is CN1CCC(n2cc(-c3cncc(-c4cc(-c5cc(CF)ccc5F)nc5ncccc45)c3)cn2)CC1. The van der Waals surface area contributed by atoms with Crippen LogP contribution in [0, 0.1) is 5.82 Å². The van der Waals surface area contributed by atoms with E-state index in [1.807, 2.05) is 30.6 Å². The van der Waals surface area contributed by atoms with Crippen molar-refractivity contribution >= 4 is 11.0 Å². The summed E-state index contributed by atoms with van der Waals surface area (Å²) in [5.41, 5.74) is 5.14. The van der Waals surface area contributed by atoms with Crippen LogP contribution in [0.25, 0.3) is 44.5 Å². The molecule has 186 valence electrons. The Bertz CT molecular complexity index is 1570. The Morgan fingerprint density at radius 1 is 0.946 bits per heavy atom. The Morgan fingerprint density at radius 3 is 2.62 bits per heavy atom. The minimum atomic E-state index is -0.677. The fourth-order valence-corrected chi connectivity index (χ4v) is 4.98. The van der Waals surface area contributed by atoms with Gasteiger partial charge >= 0.3 is 0 Å². The van der Waals surface area contributed by atoms with E-state index >= 15 is 0 Å². The molecule has 0 spiro atoms. The number of alkyl halides is 1. The van der Waals surface area contributed by atoms with Gasteiger partial charge in [0.1, 0.15) is 12.5 Å². The summed E-state index contributed by atoms with van der Waals surface area (Å²) < 4.78 is 30.2. The van der Waals surface area contributed by atoms with E-state index in [0.29, 0.717) is 22.9 Å². The molecule has 6 nitrogen and oxygen atoms in total. The molecule has 37 heavy (non-hydrogen) atoms. The Morgan fingerprint density at radius 2 is 1.78 bits per heavy atom. The molecule has 1 aliphatic rings. The summed E-state index contributed by atoms with van der Waals surface area (Å²) in [6.45, 7) is 1.46. The molecule has 1 aliphatic heterocycles. The minimum absolute atomic E-state index is 0.243. The number of likely N-dealkylation sites (tertiary alicyclic amines) is 1. The molecule has 4 aromatic heterocycles. The third-order valence-corrected chi connectivity index (χ3v) is 7.09. The van der Waals surface area contributed by atoms with Crippen LogP contribution in [0.3, 0.4) is 0 Å². The Hall–Kier alpha value is -4.04. The van der Waals surface area contributed by atoms with E-state index in [2.05, 4.69) is 48.9 Å². The topological polar surface area (TPSA) is 59.7 Å². The average molecular weight is 497 g/mol. The van der Waals surface area contributed by atoms with Crippen LogP contribution >= 0.6 is 0 Å². The van der Waals surface area contributed by atoms with Gasteiger partial charge < -0.3 is 4.90 Å². The van der Waals surface area contributed by atoms with Gasteiger partial charge in [-0.3, -0.25) is 9.67 Å². The van der Waals surface area contributed by atoms with Gasteiger partial charge in [-0.05, 0) is 80.5 Å². The number of rotatable bonds is 5. The number of hydrogen-bond acceptors (Lipinski definition) is 5. The highest BCUT2D eigenvalue weighted by molar-refractivity contribution is 5.95. The predicted octanol–water partition coefficient (Wildman–Crippen LogP) is 6.10. The first-order valence-corrected chi connectivity index (χ1v) is 12.4. The van der Waals surface area contributed by atoms with Gasteiger partial charge in [0.05, 0.1) is 17.9 Å². The van der Waals surface area contributed by atoms with Gasteiger partial charge in [0, 0.05) is 52.4 Å². The molecule has 6 rings (SSSR count). The molecule has 1 aromatic carbocycles. The minimum Gasteiger partial charge on any atom is -0.306 e. The number of nitrogens with zero attached hydrogens (tertiary/aromatic N) is 6. The molecule has 0 aliphatic carbocycles. The fourth-order valence-electron chi connectivity index (χ4n) is 4.98. The number of benzene rings is 1. The van der Waals surface area contributed by atoms with Crippen molar-refractivity contribution < 1.29 is 8.78 Å². The molecule has 0 unspecified atom stereocenters. The molecule has 0 bridgehead atoms. The second-order valence-electron chi connectivity index (χ2n) is 9.58. The highest BCUT2D eigenvalue weighted by Gasteiger charge is 2.20. The van der Waals surface area contributed by atoms with Crippen molar-refractivity contribution in [3.8, 4) is 33.5 Å². The third kappa shape index (κ3) is 4.60. The van der Waals surface area contributed by atoms with Crippen molar-refractivity contribution in [1.82, 2.24) is 29.6 Å². The van der Waals surface area contributed by atoms with Crippen molar-refractivity contribution in [3.05, 3.63) is 84.8 Å². The molecule has 5 aromatic rings. The van der Waals surface area contributed by atoms with E-state index in [4.69, 9.17) is 0 Å². The smallest absolute Gasteiger partial charge is 0.160 e. The van der Waals surface area contributed by atoms with Crippen molar-refractivity contribution in [1.29, 1.82) is 0 Å². The van der Waals surface area contributed by atoms with Crippen LogP contribution in [0.2, 0.25) is 0 Å². The lowest BCUT2D eigenvalue weighted by molar-refractivity contribution is 0.212. The molecule has 5 heterocycles. The maximum absolute atomic E-state index is 14.8. The van der Waals surface area contributed by atoms with Gasteiger partial charge in [-0.2, -0.15) is 5.10 Å². The van der Waals surface area contributed by atoms with Gasteiger partial charge in [-0.15, -0.1) is 0 Å². The summed E-state index contributed by atoms with van der Waals surface area (Å²) in [6.07, 6.45) is 11.4. The molecule has 1 fully saturated rings. The molecular formula is C29H26F2N6. The van der Waals surface area contributed by atoms with E-state index in [0.717, 1.165) is 53.6 Å². The number of fused-ring (bicyclic) bond motifs is 1. The maximum atomic E-state index is 14.8. The molecule has 8 heteroatoms. The van der Waals surface area contributed by atoms with E-state index in [1.54, 1.807) is 12.4 Å². The summed E-state index contributed by atoms with van der Waals surface area (Å²) in [6, 6.07) is 12.3. The summed E-state index contributed by atoms with van der Waals surface area (Å²) in [5, 5.41) is 5.48. The normalized spacial score (nSPS) is 14.9. The van der Waals surface area contributed by atoms with Crippen LogP contribution in [0.5, 0.6) is 0 Å². The van der Waals surface area contributed by atoms with E-state index in [1.165, 1.54) is 18.2 Å². The lowest BCUT2D eigenvalue weighted by Crippen LogP contribution is -2.31. The largest absolute Gasteiger partial charge is 0.306 e. The number of piperidine rings is 1. The summed E-state index contributed by atoms with van der Waals surface area (Å²) in [7, 11) is 2.15. The third-order valence-electron chi connectivity index (χ3n) is 7.09. The maximum Gasteiger partial charge on any atom is 0.160 e. The van der Waals surface area contributed by atoms with Gasteiger partial charge in [0.25, 0.3) is 0 Å². The lowest BCUT2D eigenvalue weighted by atomic mass is 9.98. The van der Waals surface area contributed by atoms with E-state index in [-0.39, 0.29) is 5.56 Å². The van der Waals surface area contributed by atoms with Gasteiger partial charge in [-0.1, -0.05) is 6.07 Å². The van der Waals surface area contributed by atoms with Crippen molar-refractivity contribution in [2.75, 3.05) is 20.1 Å². The van der Waals surface area contributed by atoms with Crippen LogP contribution in [0.4, 0.5) is 8.78 Å². The summed E-state index contributed by atoms with van der Waals surface area (Å²) in [4.78, 5) is 15.9. The van der Waals surface area contributed by atoms with Gasteiger partial charge in [0.2, 0.25) is 0 Å². The van der Waals surface area contributed by atoms with Crippen molar-refractivity contribution in [2.45, 2.75) is 25.6 Å². The van der Waals surface area contributed by atoms with Crippen LogP contribution in [0.15, 0.2) is 73.4 Å². The standard InChI is InChI=1S/C29H26F2N6/c1-36-9-6-23(7-10-36)37-18-22(17-34-37)20-12-21(16-32-15-20)25-13-28(35-29-24(25)3-2-8-33-29)26-11-19(14-30)4-5-27(26)31/h2-5,8,11-13,15-18,23H,6-7,9-10,14H2,1H3. The molecule has 0 N–H and O–H groups in total. The summed E-state index contributed by atoms with van der Waals surface area (Å²) in [5.74, 6) is -0.459. The van der Waals surface area contributed by atoms with Crippen LogP contribution in [-0.4, -0.2) is 49.8 Å². The second kappa shape index (κ2) is 9.78. The number of pyridine rings is 3. The van der Waals surface area contributed by atoms with Crippen LogP contribution in [0.1, 0.15) is 24.4 Å². The fraction of sp³-hybridized carbons (Fsp3) is 0.241. The Labute approximate surface area is 213 Å². The highest BCUT2D eigenvalue weighted by atomic mass is 19.1. The molecular weight excluding hydrogens is 470 g/mol. The van der Waals surface area contributed by atoms with Crippen LogP contribution in [-0.2, 0) is 6.67 Å². The number of halogens is 2. The molecule has 0 radical (unpaired) electrons. The zero-order valence-electron chi connectivity index (χ0n) is 20.5. The zero-order chi connectivity index (χ0) is 25.4. The van der Waals surface area contributed by atoms with Crippen molar-refractivity contribution in [3.63, 3.8) is 0 Å². The quantitative estimate of drug-likeness (QED) is 0.294. The first-order chi connectivity index (χ1) is 18.1. The predicted molar refractivity (Wildman–Crippen MR) is 140 cm³/mol. The number of hydrogen-bond donors (Lipinski definition) is 0. The Balaban J connectivity index is 1.42. The first kappa shape index (κ1) is 23.4. The lowest BCUT2D eigenvalue weighted by Gasteiger charge is -2.28. The number of aromatic nitrogens is 5. The molecule has 0 amide bonds. The average Bonchev–Trinajstić information content (AvgIpc) is 3.44. The van der Waals surface area contributed by atoms with Crippen molar-refractivity contribution in [2.24, 2.45) is 0 Å². The molecule has 0 atom stereocenters. The monoisotopic (exact) mass is 496 g/mol. The summed E-state index contributed by atoms with van der Waals surface area (Å²) >= 11 is 0.